The number of nitrogens with one attached hydrogen (secondary N) is 1. The summed E-state index contributed by atoms with van der Waals surface area (Å²) in [7, 11) is -1.32. The SMILES string of the molecule is CN(C1CCC(C)(C)CC1)S(=O)(=O)CC1CCCNC1. The van der Waals surface area contributed by atoms with E-state index in [-0.39, 0.29) is 12.0 Å². The van der Waals surface area contributed by atoms with Crippen molar-refractivity contribution in [2.24, 2.45) is 11.3 Å². The number of nitrogens with zero attached hydrogens (tertiary/aromatic N) is 1. The Hall–Kier alpha value is -0.130. The third-order valence-corrected chi connectivity index (χ3v) is 7.18. The fourth-order valence-electron chi connectivity index (χ4n) is 3.46. The van der Waals surface area contributed by atoms with Gasteiger partial charge in [0.2, 0.25) is 10.0 Å². The zero-order chi connectivity index (χ0) is 14.8. The predicted octanol–water partition coefficient (Wildman–Crippen LogP) is 2.22. The molecule has 118 valence electrons. The Bertz CT molecular complexity index is 404. The van der Waals surface area contributed by atoms with E-state index in [1.165, 1.54) is 0 Å². The van der Waals surface area contributed by atoms with Crippen LogP contribution in [-0.4, -0.2) is 44.7 Å². The lowest BCUT2D eigenvalue weighted by Gasteiger charge is -2.38. The highest BCUT2D eigenvalue weighted by molar-refractivity contribution is 7.89. The van der Waals surface area contributed by atoms with Gasteiger partial charge in [0, 0.05) is 13.1 Å². The molecular weight excluding hydrogens is 272 g/mol. The van der Waals surface area contributed by atoms with Crippen LogP contribution in [0, 0.1) is 11.3 Å². The number of piperidine rings is 1. The van der Waals surface area contributed by atoms with Gasteiger partial charge in [-0.1, -0.05) is 13.8 Å². The second kappa shape index (κ2) is 6.32. The largest absolute Gasteiger partial charge is 0.316 e. The van der Waals surface area contributed by atoms with Gasteiger partial charge in [0.05, 0.1) is 5.75 Å². The molecule has 1 saturated carbocycles. The van der Waals surface area contributed by atoms with E-state index >= 15 is 0 Å². The molecule has 1 saturated heterocycles. The summed E-state index contributed by atoms with van der Waals surface area (Å²) in [5, 5.41) is 3.30. The quantitative estimate of drug-likeness (QED) is 0.866. The third kappa shape index (κ3) is 4.18. The van der Waals surface area contributed by atoms with Gasteiger partial charge in [0.25, 0.3) is 0 Å². The maximum absolute atomic E-state index is 12.6. The number of hydrogen-bond acceptors (Lipinski definition) is 3. The summed E-state index contributed by atoms with van der Waals surface area (Å²) in [5.74, 6) is 0.604. The van der Waals surface area contributed by atoms with Crippen molar-refractivity contribution in [1.29, 1.82) is 0 Å². The van der Waals surface area contributed by atoms with E-state index in [9.17, 15) is 8.42 Å². The molecule has 0 aromatic heterocycles. The Morgan fingerprint density at radius 3 is 2.40 bits per heavy atom. The first-order valence-corrected chi connectivity index (χ1v) is 9.57. The van der Waals surface area contributed by atoms with E-state index < -0.39 is 10.0 Å². The molecule has 0 amide bonds. The minimum atomic E-state index is -3.10. The molecule has 5 heteroatoms. The van der Waals surface area contributed by atoms with Crippen molar-refractivity contribution < 1.29 is 8.42 Å². The lowest BCUT2D eigenvalue weighted by atomic mass is 9.76. The van der Waals surface area contributed by atoms with E-state index in [0.29, 0.717) is 11.2 Å². The van der Waals surface area contributed by atoms with Gasteiger partial charge >= 0.3 is 0 Å². The Morgan fingerprint density at radius 2 is 1.85 bits per heavy atom. The highest BCUT2D eigenvalue weighted by Gasteiger charge is 2.34. The average Bonchev–Trinajstić information content (AvgIpc) is 2.38. The van der Waals surface area contributed by atoms with Crippen LogP contribution in [0.1, 0.15) is 52.4 Å². The zero-order valence-corrected chi connectivity index (χ0v) is 14.0. The van der Waals surface area contributed by atoms with Gasteiger partial charge in [0.1, 0.15) is 0 Å². The van der Waals surface area contributed by atoms with Crippen LogP contribution in [0.4, 0.5) is 0 Å². The minimum absolute atomic E-state index is 0.213. The molecule has 2 fully saturated rings. The summed E-state index contributed by atoms with van der Waals surface area (Å²) in [4.78, 5) is 0. The normalized spacial score (nSPS) is 28.7. The van der Waals surface area contributed by atoms with Gasteiger partial charge in [0.15, 0.2) is 0 Å². The minimum Gasteiger partial charge on any atom is -0.316 e. The Kier molecular flexibility index (Phi) is 5.14. The molecule has 2 aliphatic rings. The highest BCUT2D eigenvalue weighted by atomic mass is 32.2. The van der Waals surface area contributed by atoms with Crippen molar-refractivity contribution in [2.45, 2.75) is 58.4 Å². The Morgan fingerprint density at radius 1 is 1.20 bits per heavy atom. The maximum atomic E-state index is 12.6. The van der Waals surface area contributed by atoms with E-state index in [1.54, 1.807) is 11.4 Å². The molecule has 1 heterocycles. The summed E-state index contributed by atoms with van der Waals surface area (Å²) < 4.78 is 26.8. The summed E-state index contributed by atoms with van der Waals surface area (Å²) in [6, 6.07) is 0.213. The van der Waals surface area contributed by atoms with Crippen LogP contribution in [0.5, 0.6) is 0 Å². The standard InChI is InChI=1S/C15H30N2O2S/c1-15(2)8-6-14(7-9-15)17(3)20(18,19)12-13-5-4-10-16-11-13/h13-14,16H,4-12H2,1-3H3. The van der Waals surface area contributed by atoms with Crippen LogP contribution in [0.25, 0.3) is 0 Å². The molecule has 0 bridgehead atoms. The number of sulfonamides is 1. The summed E-state index contributed by atoms with van der Waals surface area (Å²) in [5.41, 5.74) is 0.383. The van der Waals surface area contributed by atoms with Gasteiger partial charge in [-0.3, -0.25) is 0 Å². The zero-order valence-electron chi connectivity index (χ0n) is 13.2. The average molecular weight is 302 g/mol. The van der Waals surface area contributed by atoms with Crippen LogP contribution in [0.3, 0.4) is 0 Å². The van der Waals surface area contributed by atoms with Crippen LogP contribution in [0.2, 0.25) is 0 Å². The second-order valence-electron chi connectivity index (χ2n) is 7.40. The first-order valence-electron chi connectivity index (χ1n) is 7.97. The molecule has 2 rings (SSSR count). The number of hydrogen-bond donors (Lipinski definition) is 1. The molecule has 1 atom stereocenters. The van der Waals surface area contributed by atoms with Crippen LogP contribution < -0.4 is 5.32 Å². The topological polar surface area (TPSA) is 49.4 Å². The van der Waals surface area contributed by atoms with Gasteiger partial charge in [-0.05, 0) is 62.9 Å². The smallest absolute Gasteiger partial charge is 0.214 e. The molecule has 0 aromatic carbocycles. The molecular formula is C15H30N2O2S. The predicted molar refractivity (Wildman–Crippen MR) is 83.2 cm³/mol. The van der Waals surface area contributed by atoms with E-state index in [2.05, 4.69) is 19.2 Å². The van der Waals surface area contributed by atoms with Crippen molar-refractivity contribution in [2.75, 3.05) is 25.9 Å². The van der Waals surface area contributed by atoms with E-state index in [1.807, 2.05) is 0 Å². The van der Waals surface area contributed by atoms with Gasteiger partial charge in [-0.25, -0.2) is 12.7 Å². The van der Waals surface area contributed by atoms with Crippen LogP contribution in [-0.2, 0) is 10.0 Å². The van der Waals surface area contributed by atoms with Crippen molar-refractivity contribution in [3.63, 3.8) is 0 Å². The number of rotatable bonds is 4. The molecule has 1 N–H and O–H groups in total. The summed E-state index contributed by atoms with van der Waals surface area (Å²) >= 11 is 0. The molecule has 0 spiro atoms. The summed E-state index contributed by atoms with van der Waals surface area (Å²) in [6.45, 7) is 6.45. The van der Waals surface area contributed by atoms with Gasteiger partial charge in [-0.2, -0.15) is 0 Å². The van der Waals surface area contributed by atoms with Crippen LogP contribution >= 0.6 is 0 Å². The molecule has 1 aliphatic carbocycles. The van der Waals surface area contributed by atoms with E-state index in [4.69, 9.17) is 0 Å². The summed E-state index contributed by atoms with van der Waals surface area (Å²) in [6.07, 6.45) is 6.40. The van der Waals surface area contributed by atoms with Crippen LogP contribution in [0.15, 0.2) is 0 Å². The first-order chi connectivity index (χ1) is 9.30. The van der Waals surface area contributed by atoms with Crippen molar-refractivity contribution in [1.82, 2.24) is 9.62 Å². The molecule has 20 heavy (non-hydrogen) atoms. The highest BCUT2D eigenvalue weighted by Crippen LogP contribution is 2.37. The molecule has 1 unspecified atom stereocenters. The Labute approximate surface area is 124 Å². The molecule has 4 nitrogen and oxygen atoms in total. The fraction of sp³-hybridized carbons (Fsp3) is 1.00. The molecule has 1 aliphatic heterocycles. The van der Waals surface area contributed by atoms with Crippen molar-refractivity contribution in [3.8, 4) is 0 Å². The van der Waals surface area contributed by atoms with Gasteiger partial charge < -0.3 is 5.32 Å². The van der Waals surface area contributed by atoms with Crippen molar-refractivity contribution in [3.05, 3.63) is 0 Å². The Balaban J connectivity index is 1.91. The fourth-order valence-corrected chi connectivity index (χ4v) is 5.24. The monoisotopic (exact) mass is 302 g/mol. The maximum Gasteiger partial charge on any atom is 0.214 e. The second-order valence-corrected chi connectivity index (χ2v) is 9.48. The molecule has 0 radical (unpaired) electrons. The lowest BCUT2D eigenvalue weighted by molar-refractivity contribution is 0.173. The third-order valence-electron chi connectivity index (χ3n) is 5.11. The molecule has 0 aromatic rings. The van der Waals surface area contributed by atoms with Gasteiger partial charge in [-0.15, -0.1) is 0 Å². The lowest BCUT2D eigenvalue weighted by Crippen LogP contribution is -2.44. The first kappa shape index (κ1) is 16.2. The van der Waals surface area contributed by atoms with E-state index in [0.717, 1.165) is 51.6 Å². The van der Waals surface area contributed by atoms with Crippen molar-refractivity contribution >= 4 is 10.0 Å².